The third-order valence-corrected chi connectivity index (χ3v) is 2.68. The highest BCUT2D eigenvalue weighted by molar-refractivity contribution is 6.01. The van der Waals surface area contributed by atoms with Gasteiger partial charge in [-0.1, -0.05) is 12.2 Å². The molecule has 0 fully saturated rings. The van der Waals surface area contributed by atoms with E-state index >= 15 is 0 Å². The Morgan fingerprint density at radius 1 is 1.53 bits per heavy atom. The first kappa shape index (κ1) is 13.0. The SMILES string of the molecule is C/C=C\C=C(/C)NC(=O)c1cnc2c(c1)NC(=O)C2. The largest absolute Gasteiger partial charge is 0.326 e. The zero-order valence-electron chi connectivity index (χ0n) is 10.9. The highest BCUT2D eigenvalue weighted by Gasteiger charge is 2.20. The van der Waals surface area contributed by atoms with Crippen molar-refractivity contribution in [2.75, 3.05) is 5.32 Å². The van der Waals surface area contributed by atoms with Crippen molar-refractivity contribution in [3.05, 3.63) is 47.4 Å². The summed E-state index contributed by atoms with van der Waals surface area (Å²) in [5.41, 5.74) is 2.47. The Morgan fingerprint density at radius 3 is 3.05 bits per heavy atom. The number of hydrogen-bond acceptors (Lipinski definition) is 3. The molecule has 0 radical (unpaired) electrons. The van der Waals surface area contributed by atoms with Gasteiger partial charge in [0.05, 0.1) is 23.4 Å². The van der Waals surface area contributed by atoms with Gasteiger partial charge in [-0.3, -0.25) is 14.6 Å². The zero-order valence-corrected chi connectivity index (χ0v) is 10.9. The normalized spacial score (nSPS) is 14.4. The van der Waals surface area contributed by atoms with Crippen LogP contribution in [0, 0.1) is 0 Å². The van der Waals surface area contributed by atoms with E-state index in [1.54, 1.807) is 19.1 Å². The molecule has 0 saturated heterocycles. The van der Waals surface area contributed by atoms with Gasteiger partial charge in [-0.2, -0.15) is 0 Å². The molecule has 1 aliphatic rings. The molecule has 0 spiro atoms. The van der Waals surface area contributed by atoms with Crippen LogP contribution in [0.3, 0.4) is 0 Å². The van der Waals surface area contributed by atoms with E-state index in [0.717, 1.165) is 5.70 Å². The number of nitrogens with one attached hydrogen (secondary N) is 2. The zero-order chi connectivity index (χ0) is 13.8. The maximum absolute atomic E-state index is 12.0. The summed E-state index contributed by atoms with van der Waals surface area (Å²) < 4.78 is 0. The summed E-state index contributed by atoms with van der Waals surface area (Å²) in [4.78, 5) is 27.3. The van der Waals surface area contributed by atoms with E-state index in [9.17, 15) is 9.59 Å². The second-order valence-corrected chi connectivity index (χ2v) is 4.27. The molecule has 1 aliphatic heterocycles. The van der Waals surface area contributed by atoms with Crippen molar-refractivity contribution >= 4 is 17.5 Å². The number of aromatic nitrogens is 1. The van der Waals surface area contributed by atoms with Crippen molar-refractivity contribution in [1.29, 1.82) is 0 Å². The fraction of sp³-hybridized carbons (Fsp3) is 0.214. The smallest absolute Gasteiger partial charge is 0.257 e. The van der Waals surface area contributed by atoms with Crippen LogP contribution < -0.4 is 10.6 Å². The van der Waals surface area contributed by atoms with Gasteiger partial charge in [0.2, 0.25) is 5.91 Å². The minimum atomic E-state index is -0.241. The van der Waals surface area contributed by atoms with Crippen molar-refractivity contribution in [3.8, 4) is 0 Å². The van der Waals surface area contributed by atoms with Gasteiger partial charge >= 0.3 is 0 Å². The molecular weight excluding hydrogens is 242 g/mol. The lowest BCUT2D eigenvalue weighted by molar-refractivity contribution is -0.115. The van der Waals surface area contributed by atoms with E-state index in [1.807, 2.05) is 19.1 Å². The molecule has 0 saturated carbocycles. The number of pyridine rings is 1. The van der Waals surface area contributed by atoms with Gasteiger partial charge in [-0.15, -0.1) is 0 Å². The number of allylic oxidation sites excluding steroid dienone is 4. The van der Waals surface area contributed by atoms with Crippen molar-refractivity contribution in [1.82, 2.24) is 10.3 Å². The van der Waals surface area contributed by atoms with Crippen LogP contribution in [0.15, 0.2) is 36.2 Å². The van der Waals surface area contributed by atoms with Gasteiger partial charge in [0, 0.05) is 11.9 Å². The van der Waals surface area contributed by atoms with Crippen LogP contribution in [0.1, 0.15) is 29.9 Å². The van der Waals surface area contributed by atoms with E-state index in [2.05, 4.69) is 15.6 Å². The summed E-state index contributed by atoms with van der Waals surface area (Å²) in [6.07, 6.45) is 7.29. The maximum Gasteiger partial charge on any atom is 0.257 e. The molecule has 0 aromatic carbocycles. The first-order valence-electron chi connectivity index (χ1n) is 6.00. The molecule has 0 aliphatic carbocycles. The molecule has 2 rings (SSSR count). The van der Waals surface area contributed by atoms with Crippen LogP contribution in [0.4, 0.5) is 5.69 Å². The van der Waals surface area contributed by atoms with Gasteiger partial charge in [-0.25, -0.2) is 0 Å². The number of nitrogens with zero attached hydrogens (tertiary/aromatic N) is 1. The third-order valence-electron chi connectivity index (χ3n) is 2.68. The first-order chi connectivity index (χ1) is 9.10. The Hall–Kier alpha value is -2.43. The molecule has 0 unspecified atom stereocenters. The van der Waals surface area contributed by atoms with Crippen molar-refractivity contribution in [3.63, 3.8) is 0 Å². The Balaban J connectivity index is 2.13. The molecule has 1 aromatic rings. The van der Waals surface area contributed by atoms with Crippen LogP contribution in [-0.4, -0.2) is 16.8 Å². The quantitative estimate of drug-likeness (QED) is 0.811. The van der Waals surface area contributed by atoms with E-state index in [1.165, 1.54) is 6.20 Å². The number of anilines is 1. The summed E-state index contributed by atoms with van der Waals surface area (Å²) in [6.45, 7) is 3.71. The number of amides is 2. The number of hydrogen-bond donors (Lipinski definition) is 2. The fourth-order valence-corrected chi connectivity index (χ4v) is 1.75. The minimum Gasteiger partial charge on any atom is -0.326 e. The summed E-state index contributed by atoms with van der Waals surface area (Å²) in [6, 6.07) is 1.64. The van der Waals surface area contributed by atoms with Gasteiger partial charge in [0.25, 0.3) is 5.91 Å². The lowest BCUT2D eigenvalue weighted by Crippen LogP contribution is -2.21. The van der Waals surface area contributed by atoms with Crippen LogP contribution in [0.2, 0.25) is 0 Å². The highest BCUT2D eigenvalue weighted by Crippen LogP contribution is 2.21. The first-order valence-corrected chi connectivity index (χ1v) is 6.00. The van der Waals surface area contributed by atoms with Crippen LogP contribution in [-0.2, 0) is 11.2 Å². The maximum atomic E-state index is 12.0. The lowest BCUT2D eigenvalue weighted by atomic mass is 10.2. The summed E-state index contributed by atoms with van der Waals surface area (Å²) in [5.74, 6) is -0.334. The number of carbonyl (C=O) groups is 2. The van der Waals surface area contributed by atoms with E-state index < -0.39 is 0 Å². The van der Waals surface area contributed by atoms with Gasteiger partial charge in [0.1, 0.15) is 0 Å². The van der Waals surface area contributed by atoms with E-state index in [-0.39, 0.29) is 18.2 Å². The van der Waals surface area contributed by atoms with Gasteiger partial charge in [0.15, 0.2) is 0 Å². The van der Waals surface area contributed by atoms with Crippen LogP contribution in [0.25, 0.3) is 0 Å². The molecule has 0 bridgehead atoms. The number of rotatable bonds is 3. The molecule has 1 aromatic heterocycles. The van der Waals surface area contributed by atoms with Crippen LogP contribution in [0.5, 0.6) is 0 Å². The summed E-state index contributed by atoms with van der Waals surface area (Å²) in [5, 5.41) is 5.42. The van der Waals surface area contributed by atoms with Crippen LogP contribution >= 0.6 is 0 Å². The van der Waals surface area contributed by atoms with Gasteiger partial charge < -0.3 is 10.6 Å². The predicted octanol–water partition coefficient (Wildman–Crippen LogP) is 1.79. The third kappa shape index (κ3) is 3.07. The average Bonchev–Trinajstić information content (AvgIpc) is 2.75. The van der Waals surface area contributed by atoms with Crippen molar-refractivity contribution < 1.29 is 9.59 Å². The molecule has 2 N–H and O–H groups in total. The van der Waals surface area contributed by atoms with E-state index in [0.29, 0.717) is 16.9 Å². The standard InChI is InChI=1S/C14H15N3O2/c1-3-4-5-9(2)16-14(19)10-6-12-11(15-8-10)7-13(18)17-12/h3-6,8H,7H2,1-2H3,(H,16,19)(H,17,18)/b4-3-,9-5+. The minimum absolute atomic E-state index is 0.0933. The molecular formula is C14H15N3O2. The Bertz CT molecular complexity index is 588. The second kappa shape index (κ2) is 5.48. The average molecular weight is 257 g/mol. The molecule has 2 amide bonds. The molecule has 19 heavy (non-hydrogen) atoms. The molecule has 0 atom stereocenters. The summed E-state index contributed by atoms with van der Waals surface area (Å²) in [7, 11) is 0. The number of fused-ring (bicyclic) bond motifs is 1. The number of carbonyl (C=O) groups excluding carboxylic acids is 2. The predicted molar refractivity (Wildman–Crippen MR) is 72.6 cm³/mol. The second-order valence-electron chi connectivity index (χ2n) is 4.27. The van der Waals surface area contributed by atoms with Crippen molar-refractivity contribution in [2.45, 2.75) is 20.3 Å². The highest BCUT2D eigenvalue weighted by atomic mass is 16.2. The van der Waals surface area contributed by atoms with E-state index in [4.69, 9.17) is 0 Å². The molecule has 98 valence electrons. The molecule has 5 nitrogen and oxygen atoms in total. The molecule has 2 heterocycles. The summed E-state index contributed by atoms with van der Waals surface area (Å²) >= 11 is 0. The Labute approximate surface area is 111 Å². The molecule has 5 heteroatoms. The Kier molecular flexibility index (Phi) is 3.75. The van der Waals surface area contributed by atoms with Gasteiger partial charge in [-0.05, 0) is 26.0 Å². The topological polar surface area (TPSA) is 71.1 Å². The lowest BCUT2D eigenvalue weighted by Gasteiger charge is -2.06. The fourth-order valence-electron chi connectivity index (χ4n) is 1.75. The Morgan fingerprint density at radius 2 is 2.32 bits per heavy atom. The monoisotopic (exact) mass is 257 g/mol. The van der Waals surface area contributed by atoms with Crippen molar-refractivity contribution in [2.24, 2.45) is 0 Å².